The number of guanidine groups is 1. The van der Waals surface area contributed by atoms with Gasteiger partial charge in [-0.25, -0.2) is 4.39 Å². The fourth-order valence-electron chi connectivity index (χ4n) is 2.74. The summed E-state index contributed by atoms with van der Waals surface area (Å²) in [6, 6.07) is 6.61. The lowest BCUT2D eigenvalue weighted by Gasteiger charge is -2.36. The van der Waals surface area contributed by atoms with Gasteiger partial charge in [-0.15, -0.1) is 24.0 Å². The number of unbranched alkanes of at least 4 members (excludes halogenated alkanes) is 1. The maximum absolute atomic E-state index is 13.0. The standard InChI is InChI=1S/C19H31FN4O2.HI/c1-2-3-13-25-15-16-26-14-8-22-19(21)24-11-9-23(10-12-24)18-6-4-17(20)5-7-18;/h4-7H,2-3,8-16H2,1H3,(H2,21,22);1H. The summed E-state index contributed by atoms with van der Waals surface area (Å²) < 4.78 is 23.9. The van der Waals surface area contributed by atoms with E-state index in [1.54, 1.807) is 0 Å². The SMILES string of the molecule is CCCCOCCOCCN=C(N)N1CCN(c2ccc(F)cc2)CC1.I. The number of benzene rings is 1. The topological polar surface area (TPSA) is 63.3 Å². The van der Waals surface area contributed by atoms with E-state index in [0.29, 0.717) is 32.3 Å². The number of rotatable bonds is 10. The van der Waals surface area contributed by atoms with Gasteiger partial charge in [-0.3, -0.25) is 4.99 Å². The Balaban J connectivity index is 0.00000364. The van der Waals surface area contributed by atoms with Crippen molar-refractivity contribution in [1.82, 2.24) is 4.90 Å². The highest BCUT2D eigenvalue weighted by Crippen LogP contribution is 2.16. The van der Waals surface area contributed by atoms with E-state index < -0.39 is 0 Å². The molecule has 1 aliphatic heterocycles. The predicted molar refractivity (Wildman–Crippen MR) is 119 cm³/mol. The third kappa shape index (κ3) is 9.07. The van der Waals surface area contributed by atoms with Crippen LogP contribution >= 0.6 is 24.0 Å². The van der Waals surface area contributed by atoms with Crippen LogP contribution in [0.5, 0.6) is 0 Å². The molecule has 0 saturated carbocycles. The molecule has 1 saturated heterocycles. The Morgan fingerprint density at radius 3 is 2.30 bits per heavy atom. The van der Waals surface area contributed by atoms with Crippen molar-refractivity contribution in [3.8, 4) is 0 Å². The highest BCUT2D eigenvalue weighted by atomic mass is 127. The van der Waals surface area contributed by atoms with Crippen LogP contribution in [0, 0.1) is 5.82 Å². The van der Waals surface area contributed by atoms with E-state index in [2.05, 4.69) is 21.7 Å². The van der Waals surface area contributed by atoms with Gasteiger partial charge in [0.1, 0.15) is 5.82 Å². The van der Waals surface area contributed by atoms with Gasteiger partial charge < -0.3 is 25.0 Å². The number of hydrogen-bond acceptors (Lipinski definition) is 4. The average Bonchev–Trinajstić information content (AvgIpc) is 2.67. The number of ether oxygens (including phenoxy) is 2. The molecule has 1 aliphatic rings. The molecule has 1 heterocycles. The van der Waals surface area contributed by atoms with Crippen LogP contribution in [0.25, 0.3) is 0 Å². The minimum atomic E-state index is -0.210. The molecule has 1 aromatic carbocycles. The van der Waals surface area contributed by atoms with Crippen LogP contribution in [0.2, 0.25) is 0 Å². The van der Waals surface area contributed by atoms with Gasteiger partial charge in [-0.1, -0.05) is 13.3 Å². The van der Waals surface area contributed by atoms with Gasteiger partial charge in [0.15, 0.2) is 5.96 Å². The van der Waals surface area contributed by atoms with E-state index in [1.165, 1.54) is 12.1 Å². The minimum Gasteiger partial charge on any atom is -0.379 e. The summed E-state index contributed by atoms with van der Waals surface area (Å²) in [5.74, 6) is 0.352. The molecule has 8 heteroatoms. The summed E-state index contributed by atoms with van der Waals surface area (Å²) in [7, 11) is 0. The van der Waals surface area contributed by atoms with E-state index in [9.17, 15) is 4.39 Å². The van der Waals surface area contributed by atoms with Gasteiger partial charge in [0, 0.05) is 38.5 Å². The van der Waals surface area contributed by atoms with E-state index in [-0.39, 0.29) is 29.8 Å². The van der Waals surface area contributed by atoms with Gasteiger partial charge in [0.2, 0.25) is 0 Å². The van der Waals surface area contributed by atoms with Crippen LogP contribution < -0.4 is 10.6 Å². The minimum absolute atomic E-state index is 0. The molecule has 0 radical (unpaired) electrons. The molecule has 0 aromatic heterocycles. The van der Waals surface area contributed by atoms with Crippen LogP contribution in [0.3, 0.4) is 0 Å². The smallest absolute Gasteiger partial charge is 0.191 e. The molecule has 0 bridgehead atoms. The zero-order chi connectivity index (χ0) is 18.6. The Morgan fingerprint density at radius 1 is 1.04 bits per heavy atom. The van der Waals surface area contributed by atoms with Crippen LogP contribution in [-0.2, 0) is 9.47 Å². The molecule has 6 nitrogen and oxygen atoms in total. The molecular weight excluding hydrogens is 462 g/mol. The zero-order valence-corrected chi connectivity index (χ0v) is 18.4. The molecule has 0 aliphatic carbocycles. The summed E-state index contributed by atoms with van der Waals surface area (Å²) in [4.78, 5) is 8.70. The third-order valence-corrected chi connectivity index (χ3v) is 4.32. The summed E-state index contributed by atoms with van der Waals surface area (Å²) in [6.07, 6.45) is 2.24. The molecule has 0 amide bonds. The summed E-state index contributed by atoms with van der Waals surface area (Å²) >= 11 is 0. The molecule has 27 heavy (non-hydrogen) atoms. The van der Waals surface area contributed by atoms with Crippen molar-refractivity contribution in [2.45, 2.75) is 19.8 Å². The van der Waals surface area contributed by atoms with Crippen molar-refractivity contribution >= 4 is 35.6 Å². The van der Waals surface area contributed by atoms with Crippen LogP contribution in [0.1, 0.15) is 19.8 Å². The van der Waals surface area contributed by atoms with Crippen molar-refractivity contribution in [2.24, 2.45) is 10.7 Å². The lowest BCUT2D eigenvalue weighted by molar-refractivity contribution is 0.0497. The monoisotopic (exact) mass is 494 g/mol. The number of nitrogens with two attached hydrogens (primary N) is 1. The van der Waals surface area contributed by atoms with Crippen LogP contribution in [0.15, 0.2) is 29.3 Å². The number of anilines is 1. The van der Waals surface area contributed by atoms with Crippen molar-refractivity contribution in [2.75, 3.05) is 64.1 Å². The van der Waals surface area contributed by atoms with Crippen LogP contribution in [0.4, 0.5) is 10.1 Å². The molecule has 0 unspecified atom stereocenters. The maximum Gasteiger partial charge on any atom is 0.191 e. The lowest BCUT2D eigenvalue weighted by Crippen LogP contribution is -2.51. The van der Waals surface area contributed by atoms with Crippen molar-refractivity contribution in [3.63, 3.8) is 0 Å². The molecule has 0 spiro atoms. The lowest BCUT2D eigenvalue weighted by atomic mass is 10.2. The average molecular weight is 494 g/mol. The first-order valence-electron chi connectivity index (χ1n) is 9.41. The summed E-state index contributed by atoms with van der Waals surface area (Å²) in [6.45, 7) is 8.56. The second-order valence-corrected chi connectivity index (χ2v) is 6.27. The number of aliphatic imine (C=N–C) groups is 1. The van der Waals surface area contributed by atoms with E-state index in [1.807, 2.05) is 12.1 Å². The number of nitrogens with zero attached hydrogens (tertiary/aromatic N) is 3. The van der Waals surface area contributed by atoms with Crippen molar-refractivity contribution in [1.29, 1.82) is 0 Å². The highest BCUT2D eigenvalue weighted by molar-refractivity contribution is 14.0. The largest absolute Gasteiger partial charge is 0.379 e. The van der Waals surface area contributed by atoms with Crippen LogP contribution in [-0.4, -0.2) is 70.0 Å². The number of hydrogen-bond donors (Lipinski definition) is 1. The molecule has 154 valence electrons. The Morgan fingerprint density at radius 2 is 1.67 bits per heavy atom. The third-order valence-electron chi connectivity index (χ3n) is 4.32. The van der Waals surface area contributed by atoms with Crippen molar-refractivity contribution < 1.29 is 13.9 Å². The first kappa shape index (κ1) is 23.9. The molecule has 1 fully saturated rings. The molecule has 2 rings (SSSR count). The molecular formula is C19H32FIN4O2. The van der Waals surface area contributed by atoms with Gasteiger partial charge in [0.05, 0.1) is 26.4 Å². The Kier molecular flexibility index (Phi) is 12.4. The summed E-state index contributed by atoms with van der Waals surface area (Å²) in [5, 5.41) is 0. The van der Waals surface area contributed by atoms with E-state index in [4.69, 9.17) is 15.2 Å². The van der Waals surface area contributed by atoms with Gasteiger partial charge in [-0.05, 0) is 30.7 Å². The van der Waals surface area contributed by atoms with Gasteiger partial charge in [0.25, 0.3) is 0 Å². The van der Waals surface area contributed by atoms with Gasteiger partial charge >= 0.3 is 0 Å². The molecule has 2 N–H and O–H groups in total. The molecule has 1 aromatic rings. The zero-order valence-electron chi connectivity index (χ0n) is 16.1. The Bertz CT molecular complexity index is 537. The number of piperazine rings is 1. The van der Waals surface area contributed by atoms with Gasteiger partial charge in [-0.2, -0.15) is 0 Å². The molecule has 0 atom stereocenters. The second kappa shape index (κ2) is 14.0. The fourth-order valence-corrected chi connectivity index (χ4v) is 2.74. The fraction of sp³-hybridized carbons (Fsp3) is 0.632. The van der Waals surface area contributed by atoms with Crippen molar-refractivity contribution in [3.05, 3.63) is 30.1 Å². The maximum atomic E-state index is 13.0. The Labute approximate surface area is 178 Å². The highest BCUT2D eigenvalue weighted by Gasteiger charge is 2.18. The normalized spacial score (nSPS) is 15.0. The number of halogens is 2. The first-order valence-corrected chi connectivity index (χ1v) is 9.41. The summed E-state index contributed by atoms with van der Waals surface area (Å²) in [5.41, 5.74) is 7.11. The first-order chi connectivity index (χ1) is 12.7. The Hall–Kier alpha value is -1.13. The van der Waals surface area contributed by atoms with E-state index >= 15 is 0 Å². The van der Waals surface area contributed by atoms with E-state index in [0.717, 1.165) is 51.3 Å². The quantitative estimate of drug-likeness (QED) is 0.235. The second-order valence-electron chi connectivity index (χ2n) is 6.27. The predicted octanol–water partition coefficient (Wildman–Crippen LogP) is 2.71.